The van der Waals surface area contributed by atoms with Gasteiger partial charge in [-0.25, -0.2) is 17.5 Å². The van der Waals surface area contributed by atoms with Gasteiger partial charge >= 0.3 is 0 Å². The molecule has 0 saturated heterocycles. The largest absolute Gasteiger partial charge is 0.398 e. The zero-order chi connectivity index (χ0) is 13.2. The minimum Gasteiger partial charge on any atom is -0.398 e. The first-order valence-electron chi connectivity index (χ1n) is 4.96. The minimum atomic E-state index is -4.01. The number of halogens is 1. The van der Waals surface area contributed by atoms with Crippen LogP contribution < -0.4 is 10.5 Å². The molecule has 0 aliphatic carbocycles. The summed E-state index contributed by atoms with van der Waals surface area (Å²) < 4.78 is 39.2. The molecule has 0 spiro atoms. The fourth-order valence-corrected chi connectivity index (χ4v) is 2.57. The molecule has 1 rings (SSSR count). The first-order chi connectivity index (χ1) is 7.77. The van der Waals surface area contributed by atoms with Crippen molar-refractivity contribution < 1.29 is 17.9 Å². The molecule has 0 radical (unpaired) electrons. The van der Waals surface area contributed by atoms with E-state index < -0.39 is 26.8 Å². The fourth-order valence-electron chi connectivity index (χ4n) is 1.24. The van der Waals surface area contributed by atoms with E-state index in [4.69, 9.17) is 10.8 Å². The van der Waals surface area contributed by atoms with Crippen LogP contribution >= 0.6 is 0 Å². The molecule has 0 amide bonds. The van der Waals surface area contributed by atoms with Gasteiger partial charge in [0.25, 0.3) is 0 Å². The first kappa shape index (κ1) is 13.9. The molecule has 1 atom stereocenters. The number of nitrogens with two attached hydrogens (primary N) is 1. The van der Waals surface area contributed by atoms with Gasteiger partial charge in [-0.3, -0.25) is 0 Å². The Hall–Kier alpha value is -1.18. The number of hydrogen-bond acceptors (Lipinski definition) is 4. The van der Waals surface area contributed by atoms with E-state index in [1.165, 1.54) is 6.92 Å². The lowest BCUT2D eigenvalue weighted by atomic mass is 10.2. The van der Waals surface area contributed by atoms with E-state index in [1.54, 1.807) is 6.92 Å². The van der Waals surface area contributed by atoms with Crippen molar-refractivity contribution in [3.8, 4) is 0 Å². The molecule has 96 valence electrons. The molecular formula is C10H15FN2O3S. The molecule has 4 N–H and O–H groups in total. The predicted molar refractivity (Wildman–Crippen MR) is 62.4 cm³/mol. The van der Waals surface area contributed by atoms with Crippen LogP contribution in [0.2, 0.25) is 0 Å². The van der Waals surface area contributed by atoms with Crippen molar-refractivity contribution in [3.05, 3.63) is 23.5 Å². The molecule has 0 aliphatic heterocycles. The van der Waals surface area contributed by atoms with Crippen molar-refractivity contribution in [1.29, 1.82) is 0 Å². The summed E-state index contributed by atoms with van der Waals surface area (Å²) in [6.07, 6.45) is 0. The number of nitrogens with one attached hydrogen (secondary N) is 1. The maximum atomic E-state index is 13.5. The van der Waals surface area contributed by atoms with Gasteiger partial charge in [0.1, 0.15) is 10.7 Å². The summed E-state index contributed by atoms with van der Waals surface area (Å²) in [5.74, 6) is -0.866. The van der Waals surface area contributed by atoms with Gasteiger partial charge in [0, 0.05) is 11.7 Å². The number of nitrogen functional groups attached to an aromatic ring is 1. The number of anilines is 1. The summed E-state index contributed by atoms with van der Waals surface area (Å²) in [7, 11) is -4.01. The summed E-state index contributed by atoms with van der Waals surface area (Å²) in [5.41, 5.74) is 6.21. The summed E-state index contributed by atoms with van der Waals surface area (Å²) in [6, 6.07) is 1.44. The third kappa shape index (κ3) is 3.15. The summed E-state index contributed by atoms with van der Waals surface area (Å²) >= 11 is 0. The van der Waals surface area contributed by atoms with Crippen molar-refractivity contribution in [2.45, 2.75) is 24.8 Å². The molecule has 17 heavy (non-hydrogen) atoms. The average molecular weight is 262 g/mol. The van der Waals surface area contributed by atoms with Crippen molar-refractivity contribution >= 4 is 15.7 Å². The summed E-state index contributed by atoms with van der Waals surface area (Å²) in [6.45, 7) is 2.67. The zero-order valence-corrected chi connectivity index (χ0v) is 10.4. The van der Waals surface area contributed by atoms with E-state index >= 15 is 0 Å². The van der Waals surface area contributed by atoms with Crippen molar-refractivity contribution in [2.24, 2.45) is 0 Å². The highest BCUT2D eigenvalue weighted by atomic mass is 32.2. The number of aliphatic hydroxyl groups excluding tert-OH is 1. The van der Waals surface area contributed by atoms with E-state index in [0.717, 1.165) is 12.1 Å². The van der Waals surface area contributed by atoms with Crippen LogP contribution in [0.5, 0.6) is 0 Å². The van der Waals surface area contributed by atoms with Crippen LogP contribution in [-0.2, 0) is 10.0 Å². The molecule has 0 fully saturated rings. The highest BCUT2D eigenvalue weighted by Crippen LogP contribution is 2.21. The molecule has 1 aromatic carbocycles. The molecule has 1 unspecified atom stereocenters. The summed E-state index contributed by atoms with van der Waals surface area (Å²) in [4.78, 5) is -0.513. The monoisotopic (exact) mass is 262 g/mol. The zero-order valence-electron chi connectivity index (χ0n) is 9.57. The summed E-state index contributed by atoms with van der Waals surface area (Å²) in [5, 5.41) is 8.77. The number of benzene rings is 1. The first-order valence-corrected chi connectivity index (χ1v) is 6.45. The second kappa shape index (κ2) is 4.99. The number of aliphatic hydroxyl groups is 1. The van der Waals surface area contributed by atoms with Crippen LogP contribution in [-0.4, -0.2) is 26.2 Å². The molecule has 7 heteroatoms. The highest BCUT2D eigenvalue weighted by molar-refractivity contribution is 7.89. The molecule has 1 aromatic rings. The van der Waals surface area contributed by atoms with Gasteiger partial charge < -0.3 is 10.8 Å². The topological polar surface area (TPSA) is 92.4 Å². The standard InChI is InChI=1S/C10H15FN2O3S/c1-6-3-8(11)10(4-9(6)12)17(15,16)13-7(2)5-14/h3-4,7,13-14H,5,12H2,1-2H3. The third-order valence-electron chi connectivity index (χ3n) is 2.24. The molecule has 0 bridgehead atoms. The fraction of sp³-hybridized carbons (Fsp3) is 0.400. The van der Waals surface area contributed by atoms with Crippen molar-refractivity contribution in [1.82, 2.24) is 4.72 Å². The van der Waals surface area contributed by atoms with Gasteiger partial charge in [-0.1, -0.05) is 0 Å². The lowest BCUT2D eigenvalue weighted by Gasteiger charge is -2.13. The van der Waals surface area contributed by atoms with E-state index in [9.17, 15) is 12.8 Å². The van der Waals surface area contributed by atoms with Crippen LogP contribution in [0, 0.1) is 12.7 Å². The third-order valence-corrected chi connectivity index (χ3v) is 3.84. The smallest absolute Gasteiger partial charge is 0.243 e. The molecular weight excluding hydrogens is 247 g/mol. The Morgan fingerprint density at radius 2 is 2.12 bits per heavy atom. The highest BCUT2D eigenvalue weighted by Gasteiger charge is 2.22. The van der Waals surface area contributed by atoms with E-state index in [0.29, 0.717) is 5.56 Å². The lowest BCUT2D eigenvalue weighted by Crippen LogP contribution is -2.35. The predicted octanol–water partition coefficient (Wildman–Crippen LogP) is 0.375. The number of aryl methyl sites for hydroxylation is 1. The molecule has 0 aromatic heterocycles. The Balaban J connectivity index is 3.20. The Kier molecular flexibility index (Phi) is 4.07. The van der Waals surface area contributed by atoms with E-state index in [1.807, 2.05) is 0 Å². The quantitative estimate of drug-likeness (QED) is 0.684. The number of sulfonamides is 1. The van der Waals surface area contributed by atoms with Crippen LogP contribution in [0.3, 0.4) is 0 Å². The second-order valence-electron chi connectivity index (χ2n) is 3.84. The van der Waals surface area contributed by atoms with Gasteiger partial charge in [-0.15, -0.1) is 0 Å². The minimum absolute atomic E-state index is 0.198. The van der Waals surface area contributed by atoms with Gasteiger partial charge in [0.2, 0.25) is 10.0 Å². The number of hydrogen-bond donors (Lipinski definition) is 3. The van der Waals surface area contributed by atoms with Gasteiger partial charge in [0.15, 0.2) is 0 Å². The Labute approximate surface area is 99.5 Å². The van der Waals surface area contributed by atoms with Gasteiger partial charge in [-0.05, 0) is 31.5 Å². The van der Waals surface area contributed by atoms with Crippen LogP contribution in [0.1, 0.15) is 12.5 Å². The maximum Gasteiger partial charge on any atom is 0.243 e. The normalized spacial score (nSPS) is 13.6. The van der Waals surface area contributed by atoms with Gasteiger partial charge in [0.05, 0.1) is 6.61 Å². The second-order valence-corrected chi connectivity index (χ2v) is 5.53. The Bertz CT molecular complexity index is 517. The lowest BCUT2D eigenvalue weighted by molar-refractivity contribution is 0.265. The SMILES string of the molecule is Cc1cc(F)c(S(=O)(=O)NC(C)CO)cc1N. The Morgan fingerprint density at radius 1 is 1.53 bits per heavy atom. The van der Waals surface area contributed by atoms with Crippen molar-refractivity contribution in [3.63, 3.8) is 0 Å². The van der Waals surface area contributed by atoms with Crippen molar-refractivity contribution in [2.75, 3.05) is 12.3 Å². The molecule has 5 nitrogen and oxygen atoms in total. The number of rotatable bonds is 4. The Morgan fingerprint density at radius 3 is 2.65 bits per heavy atom. The average Bonchev–Trinajstić information content (AvgIpc) is 2.22. The van der Waals surface area contributed by atoms with Crippen LogP contribution in [0.4, 0.5) is 10.1 Å². The molecule has 0 saturated carbocycles. The van der Waals surface area contributed by atoms with Crippen LogP contribution in [0.15, 0.2) is 17.0 Å². The van der Waals surface area contributed by atoms with Gasteiger partial charge in [-0.2, -0.15) is 0 Å². The van der Waals surface area contributed by atoms with E-state index in [2.05, 4.69) is 4.72 Å². The molecule has 0 heterocycles. The van der Waals surface area contributed by atoms with Crippen LogP contribution in [0.25, 0.3) is 0 Å². The molecule has 0 aliphatic rings. The van der Waals surface area contributed by atoms with E-state index in [-0.39, 0.29) is 12.3 Å². The maximum absolute atomic E-state index is 13.5.